The molecule has 0 aliphatic heterocycles. The highest BCUT2D eigenvalue weighted by Crippen LogP contribution is 2.37. The Morgan fingerprint density at radius 3 is 2.62 bits per heavy atom. The van der Waals surface area contributed by atoms with Gasteiger partial charge in [0, 0.05) is 16.3 Å². The summed E-state index contributed by atoms with van der Waals surface area (Å²) in [6.07, 6.45) is 2.62. The Balaban J connectivity index is 2.60. The van der Waals surface area contributed by atoms with Gasteiger partial charge in [0.1, 0.15) is 5.78 Å². The SMILES string of the molecule is CCc1cc2c(cc1Br)C(C)(C)C(=O)CC2. The zero-order chi connectivity index (χ0) is 11.9. The number of hydrogen-bond acceptors (Lipinski definition) is 1. The van der Waals surface area contributed by atoms with Crippen LogP contribution in [-0.4, -0.2) is 5.78 Å². The molecular formula is C14H17BrO. The Bertz CT molecular complexity index is 446. The molecule has 1 nitrogen and oxygen atoms in total. The van der Waals surface area contributed by atoms with Crippen molar-refractivity contribution in [3.63, 3.8) is 0 Å². The summed E-state index contributed by atoms with van der Waals surface area (Å²) in [6, 6.07) is 4.40. The van der Waals surface area contributed by atoms with Crippen LogP contribution < -0.4 is 0 Å². The summed E-state index contributed by atoms with van der Waals surface area (Å²) < 4.78 is 1.14. The first-order valence-electron chi connectivity index (χ1n) is 5.82. The van der Waals surface area contributed by atoms with Gasteiger partial charge in [-0.15, -0.1) is 0 Å². The van der Waals surface area contributed by atoms with E-state index in [2.05, 4.69) is 35.0 Å². The lowest BCUT2D eigenvalue weighted by Crippen LogP contribution is -2.34. The maximum Gasteiger partial charge on any atom is 0.143 e. The Labute approximate surface area is 105 Å². The van der Waals surface area contributed by atoms with Gasteiger partial charge in [-0.25, -0.2) is 0 Å². The van der Waals surface area contributed by atoms with Crippen LogP contribution in [0.5, 0.6) is 0 Å². The van der Waals surface area contributed by atoms with Crippen LogP contribution in [0.1, 0.15) is 43.9 Å². The molecular weight excluding hydrogens is 264 g/mol. The highest BCUT2D eigenvalue weighted by atomic mass is 79.9. The lowest BCUT2D eigenvalue weighted by atomic mass is 9.71. The van der Waals surface area contributed by atoms with Crippen molar-refractivity contribution in [2.24, 2.45) is 0 Å². The number of ketones is 1. The molecule has 2 rings (SSSR count). The fourth-order valence-electron chi connectivity index (χ4n) is 2.44. The molecule has 0 saturated heterocycles. The summed E-state index contributed by atoms with van der Waals surface area (Å²) in [5, 5.41) is 0. The molecule has 1 aliphatic rings. The van der Waals surface area contributed by atoms with E-state index in [0.717, 1.165) is 17.3 Å². The number of benzene rings is 1. The van der Waals surface area contributed by atoms with Gasteiger partial charge in [0.2, 0.25) is 0 Å². The predicted molar refractivity (Wildman–Crippen MR) is 69.9 cm³/mol. The molecule has 0 aromatic heterocycles. The van der Waals surface area contributed by atoms with E-state index >= 15 is 0 Å². The van der Waals surface area contributed by atoms with Crippen LogP contribution >= 0.6 is 15.9 Å². The molecule has 0 spiro atoms. The summed E-state index contributed by atoms with van der Waals surface area (Å²) in [7, 11) is 0. The van der Waals surface area contributed by atoms with E-state index in [4.69, 9.17) is 0 Å². The van der Waals surface area contributed by atoms with Gasteiger partial charge in [-0.2, -0.15) is 0 Å². The normalized spacial score (nSPS) is 18.4. The molecule has 1 aromatic carbocycles. The van der Waals surface area contributed by atoms with Gasteiger partial charge in [-0.3, -0.25) is 4.79 Å². The average molecular weight is 281 g/mol. The molecule has 0 N–H and O–H groups in total. The van der Waals surface area contributed by atoms with E-state index in [1.165, 1.54) is 16.7 Å². The van der Waals surface area contributed by atoms with Gasteiger partial charge in [-0.1, -0.05) is 28.9 Å². The molecule has 2 heteroatoms. The van der Waals surface area contributed by atoms with E-state index in [1.807, 2.05) is 13.8 Å². The van der Waals surface area contributed by atoms with Crippen molar-refractivity contribution >= 4 is 21.7 Å². The van der Waals surface area contributed by atoms with Crippen molar-refractivity contribution in [1.29, 1.82) is 0 Å². The van der Waals surface area contributed by atoms with Gasteiger partial charge in [-0.05, 0) is 49.4 Å². The zero-order valence-corrected chi connectivity index (χ0v) is 11.6. The standard InChI is InChI=1S/C14H17BrO/c1-4-9-7-10-5-6-13(16)14(2,3)11(10)8-12(9)15/h7-8H,4-6H2,1-3H3. The van der Waals surface area contributed by atoms with E-state index < -0.39 is 0 Å². The minimum Gasteiger partial charge on any atom is -0.299 e. The number of fused-ring (bicyclic) bond motifs is 1. The molecule has 1 aromatic rings. The molecule has 0 saturated carbocycles. The molecule has 16 heavy (non-hydrogen) atoms. The first-order chi connectivity index (χ1) is 7.46. The quantitative estimate of drug-likeness (QED) is 0.765. The molecule has 0 unspecified atom stereocenters. The number of carbonyl (C=O) groups excluding carboxylic acids is 1. The Hall–Kier alpha value is -0.630. The number of aryl methyl sites for hydroxylation is 2. The molecule has 0 radical (unpaired) electrons. The summed E-state index contributed by atoms with van der Waals surface area (Å²) in [4.78, 5) is 11.9. The highest BCUT2D eigenvalue weighted by molar-refractivity contribution is 9.10. The third-order valence-corrected chi connectivity index (χ3v) is 4.38. The summed E-state index contributed by atoms with van der Waals surface area (Å²) >= 11 is 3.60. The van der Waals surface area contributed by atoms with E-state index in [9.17, 15) is 4.79 Å². The molecule has 0 amide bonds. The number of carbonyl (C=O) groups is 1. The van der Waals surface area contributed by atoms with Crippen LogP contribution in [0.25, 0.3) is 0 Å². The second-order valence-corrected chi connectivity index (χ2v) is 5.86. The predicted octanol–water partition coefficient (Wildman–Crippen LogP) is 3.80. The Morgan fingerprint density at radius 2 is 2.00 bits per heavy atom. The summed E-state index contributed by atoms with van der Waals surface area (Å²) in [5.41, 5.74) is 3.57. The van der Waals surface area contributed by atoms with Crippen LogP contribution in [0.3, 0.4) is 0 Å². The summed E-state index contributed by atoms with van der Waals surface area (Å²) in [6.45, 7) is 6.22. The Morgan fingerprint density at radius 1 is 1.31 bits per heavy atom. The fraction of sp³-hybridized carbons (Fsp3) is 0.500. The van der Waals surface area contributed by atoms with Gasteiger partial charge in [0.05, 0.1) is 0 Å². The van der Waals surface area contributed by atoms with Crippen molar-refractivity contribution in [3.05, 3.63) is 33.3 Å². The van der Waals surface area contributed by atoms with Crippen LogP contribution in [-0.2, 0) is 23.1 Å². The molecule has 0 bridgehead atoms. The topological polar surface area (TPSA) is 17.1 Å². The maximum absolute atomic E-state index is 11.9. The Kier molecular flexibility index (Phi) is 2.95. The van der Waals surface area contributed by atoms with Crippen LogP contribution in [0.2, 0.25) is 0 Å². The van der Waals surface area contributed by atoms with Crippen molar-refractivity contribution in [1.82, 2.24) is 0 Å². The summed E-state index contributed by atoms with van der Waals surface area (Å²) in [5.74, 6) is 0.358. The molecule has 0 heterocycles. The first kappa shape index (κ1) is 11.8. The number of rotatable bonds is 1. The maximum atomic E-state index is 11.9. The second-order valence-electron chi connectivity index (χ2n) is 5.00. The number of hydrogen-bond donors (Lipinski definition) is 0. The fourth-order valence-corrected chi connectivity index (χ4v) is 3.06. The third-order valence-electron chi connectivity index (χ3n) is 3.64. The highest BCUT2D eigenvalue weighted by Gasteiger charge is 2.35. The van der Waals surface area contributed by atoms with Crippen LogP contribution in [0.4, 0.5) is 0 Å². The number of halogens is 1. The largest absolute Gasteiger partial charge is 0.299 e. The monoisotopic (exact) mass is 280 g/mol. The van der Waals surface area contributed by atoms with Gasteiger partial charge in [0.25, 0.3) is 0 Å². The van der Waals surface area contributed by atoms with Gasteiger partial charge in [0.15, 0.2) is 0 Å². The molecule has 86 valence electrons. The van der Waals surface area contributed by atoms with Crippen molar-refractivity contribution in [2.45, 2.75) is 45.4 Å². The van der Waals surface area contributed by atoms with Crippen LogP contribution in [0, 0.1) is 0 Å². The first-order valence-corrected chi connectivity index (χ1v) is 6.61. The molecule has 1 aliphatic carbocycles. The molecule has 0 atom stereocenters. The van der Waals surface area contributed by atoms with Crippen molar-refractivity contribution < 1.29 is 4.79 Å². The lowest BCUT2D eigenvalue weighted by molar-refractivity contribution is -0.124. The molecule has 0 fully saturated rings. The third kappa shape index (κ3) is 1.73. The van der Waals surface area contributed by atoms with E-state index in [-0.39, 0.29) is 5.41 Å². The zero-order valence-electron chi connectivity index (χ0n) is 10.1. The van der Waals surface area contributed by atoms with Gasteiger partial charge >= 0.3 is 0 Å². The van der Waals surface area contributed by atoms with Crippen LogP contribution in [0.15, 0.2) is 16.6 Å². The van der Waals surface area contributed by atoms with Gasteiger partial charge < -0.3 is 0 Å². The van der Waals surface area contributed by atoms with E-state index in [0.29, 0.717) is 12.2 Å². The lowest BCUT2D eigenvalue weighted by Gasteiger charge is -2.31. The van der Waals surface area contributed by atoms with Crippen molar-refractivity contribution in [3.8, 4) is 0 Å². The minimum atomic E-state index is -0.317. The smallest absolute Gasteiger partial charge is 0.143 e. The van der Waals surface area contributed by atoms with E-state index in [1.54, 1.807) is 0 Å². The minimum absolute atomic E-state index is 0.317. The van der Waals surface area contributed by atoms with Crippen molar-refractivity contribution in [2.75, 3.05) is 0 Å². The average Bonchev–Trinajstić information content (AvgIpc) is 2.24. The number of Topliss-reactive ketones (excluding diaryl/α,β-unsaturated/α-hetero) is 1. The second kappa shape index (κ2) is 3.99.